The van der Waals surface area contributed by atoms with Crippen molar-refractivity contribution in [3.8, 4) is 78.9 Å². The van der Waals surface area contributed by atoms with Crippen LogP contribution in [0.5, 0.6) is 17.2 Å². The summed E-state index contributed by atoms with van der Waals surface area (Å²) in [6.45, 7) is 9.66. The minimum absolute atomic E-state index is 0.129. The number of methoxy groups -OCH3 is 3. The summed E-state index contributed by atoms with van der Waals surface area (Å²) in [5, 5.41) is 49.0. The van der Waals surface area contributed by atoms with Gasteiger partial charge in [0.1, 0.15) is 23.1 Å². The summed E-state index contributed by atoms with van der Waals surface area (Å²) in [5.41, 5.74) is 16.7. The molecule has 0 atom stereocenters. The van der Waals surface area contributed by atoms with E-state index in [9.17, 15) is 10.1 Å². The molecule has 4 N–H and O–H groups in total. The Morgan fingerprint density at radius 2 is 0.915 bits per heavy atom. The first-order chi connectivity index (χ1) is 63.2. The lowest BCUT2D eigenvalue weighted by Crippen LogP contribution is -2.29. The van der Waals surface area contributed by atoms with Gasteiger partial charge in [0.25, 0.3) is 5.69 Å². The number of benzene rings is 13. The summed E-state index contributed by atoms with van der Waals surface area (Å²) >= 11 is 19.2. The molecule has 19 rings (SSSR count). The maximum atomic E-state index is 10.9. The van der Waals surface area contributed by atoms with Crippen molar-refractivity contribution in [2.24, 2.45) is 0 Å². The van der Waals surface area contributed by atoms with Crippen LogP contribution in [0.3, 0.4) is 0 Å². The number of aromatic amines is 2. The number of para-hydroxylation sites is 3. The summed E-state index contributed by atoms with van der Waals surface area (Å²) < 4.78 is 43.0. The van der Waals surface area contributed by atoms with Crippen molar-refractivity contribution in [1.29, 1.82) is 0 Å². The second kappa shape index (κ2) is 51.8. The molecule has 660 valence electrons. The number of pyridine rings is 1. The molecule has 0 aliphatic heterocycles. The van der Waals surface area contributed by atoms with Gasteiger partial charge in [-0.25, -0.2) is 14.3 Å². The first kappa shape index (κ1) is 99.0. The zero-order chi connectivity index (χ0) is 92.1. The number of nitrogens with zero attached hydrogens (tertiary/aromatic N) is 8. The van der Waals surface area contributed by atoms with Crippen LogP contribution >= 0.6 is 111 Å². The number of aryl methyl sites for hydroxylation is 1. The highest BCUT2D eigenvalue weighted by atomic mass is 127. The lowest BCUT2D eigenvalue weighted by molar-refractivity contribution is -0.384. The molecule has 6 aromatic heterocycles. The highest BCUT2D eigenvalue weighted by molar-refractivity contribution is 14.1. The predicted octanol–water partition coefficient (Wildman–Crippen LogP) is 28.0. The molecule has 0 aliphatic rings. The third-order valence-corrected chi connectivity index (χ3v) is 24.0. The predicted molar refractivity (Wildman–Crippen MR) is 555 cm³/mol. The van der Waals surface area contributed by atoms with Gasteiger partial charge in [-0.15, -0.1) is 0 Å². The Bertz CT molecular complexity index is 6670. The van der Waals surface area contributed by atoms with Gasteiger partial charge in [0.2, 0.25) is 0 Å². The number of hydrogen-bond acceptors (Lipinski definition) is 14. The zero-order valence-electron chi connectivity index (χ0n) is 71.9. The van der Waals surface area contributed by atoms with Crippen LogP contribution in [-0.2, 0) is 13.6 Å². The van der Waals surface area contributed by atoms with Crippen molar-refractivity contribution in [3.05, 3.63) is 413 Å². The van der Waals surface area contributed by atoms with Crippen molar-refractivity contribution >= 4 is 173 Å². The fourth-order valence-electron chi connectivity index (χ4n) is 12.9. The number of halogens is 6. The summed E-state index contributed by atoms with van der Waals surface area (Å²) in [4.78, 5) is 18.4. The van der Waals surface area contributed by atoms with Crippen LogP contribution in [0.1, 0.15) is 26.5 Å². The first-order valence-corrected chi connectivity index (χ1v) is 47.0. The largest absolute Gasteiger partial charge is 0.497 e. The Kier molecular flexibility index (Phi) is 39.4. The van der Waals surface area contributed by atoms with Crippen LogP contribution in [-0.4, -0.2) is 108 Å². The normalized spacial score (nSPS) is 10.4. The Labute approximate surface area is 812 Å². The number of ether oxygens (including phenoxy) is 3. The fraction of sp³-hybridized carbons (Fsp3) is 0.0980. The molecule has 0 spiro atoms. The Hall–Kier alpha value is -11.5. The number of H-pyrrole nitrogens is 2. The number of fused-ring (bicyclic) bond motifs is 6. The van der Waals surface area contributed by atoms with Gasteiger partial charge < -0.3 is 42.8 Å². The van der Waals surface area contributed by atoms with Crippen molar-refractivity contribution in [3.63, 3.8) is 0 Å². The van der Waals surface area contributed by atoms with E-state index in [-0.39, 0.29) is 10.6 Å². The van der Waals surface area contributed by atoms with Crippen LogP contribution < -0.4 is 19.7 Å². The minimum atomic E-state index is -1.39. The molecule has 130 heavy (non-hydrogen) atoms. The zero-order valence-corrected chi connectivity index (χ0v) is 82.9. The van der Waals surface area contributed by atoms with Crippen LogP contribution in [0.4, 0.5) is 5.69 Å². The number of hydrogen-bond donors (Lipinski definition) is 4. The second-order valence-electron chi connectivity index (χ2n) is 27.8. The first-order valence-electron chi connectivity index (χ1n) is 40.9. The molecule has 19 aromatic rings. The minimum Gasteiger partial charge on any atom is -0.497 e. The molecule has 0 saturated carbocycles. The average molecular weight is 2190 g/mol. The monoisotopic (exact) mass is 2180 g/mol. The molecule has 0 unspecified atom stereocenters. The van der Waals surface area contributed by atoms with Crippen LogP contribution in [0.2, 0.25) is 0 Å². The molecule has 0 radical (unpaired) electrons. The van der Waals surface area contributed by atoms with E-state index in [4.69, 9.17) is 37.8 Å². The van der Waals surface area contributed by atoms with Crippen LogP contribution in [0.15, 0.2) is 393 Å². The second-order valence-corrected chi connectivity index (χ2v) is 34.8. The quantitative estimate of drug-likeness (QED) is 0.0206. The number of nitro benzene ring substituents is 1. The van der Waals surface area contributed by atoms with Gasteiger partial charge in [-0.05, 0) is 230 Å². The van der Waals surface area contributed by atoms with Crippen molar-refractivity contribution in [2.75, 3.05) is 41.2 Å². The van der Waals surface area contributed by atoms with E-state index in [1.165, 1.54) is 64.4 Å². The number of aromatic nitrogens is 9. The molecular formula is C102H92BBr5IN10O10P. The molecule has 0 saturated heterocycles. The fourth-order valence-corrected chi connectivity index (χ4v) is 15.7. The molecule has 0 bridgehead atoms. The van der Waals surface area contributed by atoms with Gasteiger partial charge in [0.15, 0.2) is 0 Å². The molecule has 13 aromatic carbocycles. The van der Waals surface area contributed by atoms with Crippen LogP contribution in [0, 0.1) is 20.6 Å². The average Bonchev–Trinajstić information content (AvgIpc) is 1.60. The number of rotatable bonds is 18. The third-order valence-electron chi connectivity index (χ3n) is 19.2. The Morgan fingerprint density at radius 1 is 0.438 bits per heavy atom. The van der Waals surface area contributed by atoms with Gasteiger partial charge in [-0.3, -0.25) is 19.8 Å². The topological polar surface area (TPSA) is 237 Å². The van der Waals surface area contributed by atoms with Crippen molar-refractivity contribution < 1.29 is 42.8 Å². The molecule has 28 heteroatoms. The number of nitrogens with one attached hydrogen (secondary N) is 2. The summed E-state index contributed by atoms with van der Waals surface area (Å²) in [7, 11) is 2.54. The molecule has 0 fully saturated rings. The molecule has 0 aliphatic carbocycles. The van der Waals surface area contributed by atoms with Gasteiger partial charge in [0.05, 0.1) is 102 Å². The van der Waals surface area contributed by atoms with E-state index >= 15 is 0 Å². The standard InChI is InChI=1S/C22H18N2O.C17H11BrN2.C12H11BO2.C12H8BrNO2.C12H8BrN.C10H9BrN2O.C7H7IO.C6H15O3P.C4H5BrN2/c1-25-22-9-5-8-21(14-22)24-16-20(15-23-24)19-12-10-18(11-13-19)17-6-3-2-4-7-17;18-12-8-9-14-13-5-1-2-6-15(13)20(16(14)11-12)17-7-3-4-10-19-17;14-13(15)12-8-6-11(7-9-12)10-4-2-1-3-5-10;13-10-7-5-9(6-8-10)11-3-1-2-4-12(11)14(15)16;13-8-5-6-10-9-3-1-2-4-11(9)14-12(10)7-8;1-14-10-4-2-3-9(5-10)13-7-8(11)6-12-13;1-9-7-4-2-3-6(8)5-7;1-4-7-10(8-5-2)9-6-3;1-3-4(5)2-6-7-3/h2-16H,1H3;1-11H;1-9,14-15H;1-8H;1-7,14H;2-7H,1H3;2-5H,1H3;4-6H2,1-3H3;2H,1H3,(H,6,7). The summed E-state index contributed by atoms with van der Waals surface area (Å²) in [6.07, 6.45) is 11.1. The van der Waals surface area contributed by atoms with Gasteiger partial charge in [-0.1, -0.05) is 254 Å². The van der Waals surface area contributed by atoms with Crippen molar-refractivity contribution in [2.45, 2.75) is 27.7 Å². The SMILES string of the molecule is Brc1ccc2c(c1)[nH]c1ccccc12.Brc1ccc2c3ccccc3n(-c3ccccn3)c2c1.CCOP(OCC)OCC.COc1cccc(-n2cc(-c3ccc(-c4ccccc4)cc3)cn2)c1.COc1cccc(-n2cc(Br)cn2)c1.COc1cccc(I)c1.Cc1[nH]ncc1Br.O=[N+]([O-])c1ccccc1-c1ccc(Br)cc1.OB(O)c1ccc(-c2ccccc2)cc1. The molecule has 0 amide bonds. The van der Waals surface area contributed by atoms with E-state index in [0.717, 1.165) is 90.3 Å². The van der Waals surface area contributed by atoms with Crippen molar-refractivity contribution in [1.82, 2.24) is 44.3 Å². The third kappa shape index (κ3) is 29.2. The van der Waals surface area contributed by atoms with E-state index in [1.54, 1.807) is 68.7 Å². The molecule has 20 nitrogen and oxygen atoms in total. The van der Waals surface area contributed by atoms with Crippen LogP contribution in [0.25, 0.3) is 105 Å². The summed E-state index contributed by atoms with van der Waals surface area (Å²) in [5.74, 6) is 3.51. The smallest absolute Gasteiger partial charge is 0.488 e. The van der Waals surface area contributed by atoms with Gasteiger partial charge in [-0.2, -0.15) is 15.3 Å². The van der Waals surface area contributed by atoms with E-state index < -0.39 is 15.7 Å². The van der Waals surface area contributed by atoms with E-state index in [1.807, 2.05) is 227 Å². The highest BCUT2D eigenvalue weighted by Gasteiger charge is 2.17. The maximum absolute atomic E-state index is 10.9. The van der Waals surface area contributed by atoms with E-state index in [2.05, 4.69) is 265 Å². The van der Waals surface area contributed by atoms with Gasteiger partial charge >= 0.3 is 15.7 Å². The molecule has 6 heterocycles. The Morgan fingerprint density at radius 3 is 1.44 bits per heavy atom. The lowest BCUT2D eigenvalue weighted by atomic mass is 9.80. The molecular weight excluding hydrogens is 2090 g/mol. The van der Waals surface area contributed by atoms with E-state index in [0.29, 0.717) is 30.8 Å². The number of nitro groups is 1. The lowest BCUT2D eigenvalue weighted by Gasteiger charge is -2.12. The summed E-state index contributed by atoms with van der Waals surface area (Å²) in [6, 6.07) is 109. The van der Waals surface area contributed by atoms with Gasteiger partial charge in [0, 0.05) is 97.6 Å². The Balaban J connectivity index is 0.000000144. The maximum Gasteiger partial charge on any atom is 0.488 e. The highest BCUT2D eigenvalue weighted by Crippen LogP contribution is 2.39.